The van der Waals surface area contributed by atoms with Crippen molar-refractivity contribution >= 4 is 11.8 Å². The third kappa shape index (κ3) is 12.4. The van der Waals surface area contributed by atoms with Crippen LogP contribution in [0.5, 0.6) is 11.5 Å². The summed E-state index contributed by atoms with van der Waals surface area (Å²) >= 11 is 0. The Balaban J connectivity index is 2.18. The van der Waals surface area contributed by atoms with Crippen LogP contribution in [0.2, 0.25) is 0 Å². The molecule has 0 aliphatic carbocycles. The van der Waals surface area contributed by atoms with Gasteiger partial charge in [0, 0.05) is 12.6 Å². The van der Waals surface area contributed by atoms with E-state index in [-0.39, 0.29) is 23.6 Å². The van der Waals surface area contributed by atoms with E-state index in [4.69, 9.17) is 11.5 Å². The van der Waals surface area contributed by atoms with Gasteiger partial charge in [0.1, 0.15) is 17.7 Å². The van der Waals surface area contributed by atoms with E-state index in [0.717, 1.165) is 30.2 Å². The third-order valence-corrected chi connectivity index (χ3v) is 6.24. The minimum absolute atomic E-state index is 0.0664. The topological polar surface area (TPSA) is 130 Å². The molecule has 6 N–H and O–H groups in total. The number of carbonyl (C=O) groups is 2. The molecule has 7 heteroatoms. The molecule has 1 aromatic carbocycles. The summed E-state index contributed by atoms with van der Waals surface area (Å²) in [6, 6.07) is 3.63. The highest BCUT2D eigenvalue weighted by molar-refractivity contribution is 6.07. The van der Waals surface area contributed by atoms with E-state index in [0.29, 0.717) is 6.42 Å². The van der Waals surface area contributed by atoms with Crippen molar-refractivity contribution < 1.29 is 19.8 Å². The van der Waals surface area contributed by atoms with Crippen LogP contribution in [0, 0.1) is 0 Å². The quantitative estimate of drug-likeness (QED) is 0.152. The average Bonchev–Trinajstić information content (AvgIpc) is 2.80. The molecule has 0 saturated heterocycles. The zero-order valence-electron chi connectivity index (χ0n) is 21.1. The summed E-state index contributed by atoms with van der Waals surface area (Å²) in [7, 11) is 0. The highest BCUT2D eigenvalue weighted by Gasteiger charge is 2.27. The van der Waals surface area contributed by atoms with E-state index in [1.54, 1.807) is 0 Å². The van der Waals surface area contributed by atoms with Crippen molar-refractivity contribution in [3.8, 4) is 11.5 Å². The lowest BCUT2D eigenvalue weighted by Gasteiger charge is -2.23. The second-order valence-electron chi connectivity index (χ2n) is 9.33. The molecule has 2 amide bonds. The molecule has 0 atom stereocenters. The molecular formula is C27H47N3O4. The number of nitrogens with zero attached hydrogens (tertiary/aromatic N) is 1. The van der Waals surface area contributed by atoms with Crippen LogP contribution in [0.15, 0.2) is 18.2 Å². The SMILES string of the molecule is CCCCCCCCCCCCCCCCCCN(C(=O)c1ccc(O)cc1O)C(=O)C(N)N. The van der Waals surface area contributed by atoms with Gasteiger partial charge in [-0.1, -0.05) is 103 Å². The highest BCUT2D eigenvalue weighted by Crippen LogP contribution is 2.24. The number of nitrogens with two attached hydrogens (primary N) is 2. The summed E-state index contributed by atoms with van der Waals surface area (Å²) in [6.07, 6.45) is 18.5. The number of imide groups is 1. The molecule has 7 nitrogen and oxygen atoms in total. The smallest absolute Gasteiger partial charge is 0.264 e. The molecule has 1 rings (SSSR count). The van der Waals surface area contributed by atoms with Gasteiger partial charge in [0.2, 0.25) is 0 Å². The Hall–Kier alpha value is -2.12. The average molecular weight is 478 g/mol. The van der Waals surface area contributed by atoms with Crippen molar-refractivity contribution in [2.45, 2.75) is 116 Å². The maximum absolute atomic E-state index is 12.8. The Kier molecular flexibility index (Phi) is 16.0. The third-order valence-electron chi connectivity index (χ3n) is 6.24. The molecule has 0 aromatic heterocycles. The second-order valence-corrected chi connectivity index (χ2v) is 9.33. The van der Waals surface area contributed by atoms with Gasteiger partial charge in [0.05, 0.1) is 5.56 Å². The Labute approximate surface area is 205 Å². The predicted octanol–water partition coefficient (Wildman–Crippen LogP) is 5.57. The number of phenols is 2. The molecule has 0 radical (unpaired) electrons. The molecule has 0 aliphatic heterocycles. The molecule has 0 fully saturated rings. The van der Waals surface area contributed by atoms with Gasteiger partial charge in [-0.25, -0.2) is 0 Å². The van der Waals surface area contributed by atoms with Crippen molar-refractivity contribution in [2.24, 2.45) is 11.5 Å². The number of rotatable bonds is 19. The maximum Gasteiger partial charge on any atom is 0.264 e. The van der Waals surface area contributed by atoms with Crippen LogP contribution in [0.25, 0.3) is 0 Å². The van der Waals surface area contributed by atoms with Crippen LogP contribution in [0.1, 0.15) is 120 Å². The van der Waals surface area contributed by atoms with E-state index in [2.05, 4.69) is 6.92 Å². The normalized spacial score (nSPS) is 11.2. The van der Waals surface area contributed by atoms with E-state index >= 15 is 0 Å². The first-order valence-electron chi connectivity index (χ1n) is 13.3. The summed E-state index contributed by atoms with van der Waals surface area (Å²) in [5, 5.41) is 19.4. The van der Waals surface area contributed by atoms with Gasteiger partial charge in [-0.3, -0.25) is 14.5 Å². The maximum atomic E-state index is 12.8. The summed E-state index contributed by atoms with van der Waals surface area (Å²) in [5.41, 5.74) is 10.9. The van der Waals surface area contributed by atoms with E-state index in [1.165, 1.54) is 89.2 Å². The zero-order chi connectivity index (χ0) is 25.2. The molecule has 0 heterocycles. The van der Waals surface area contributed by atoms with Crippen molar-refractivity contribution in [3.63, 3.8) is 0 Å². The minimum Gasteiger partial charge on any atom is -0.508 e. The van der Waals surface area contributed by atoms with Crippen LogP contribution >= 0.6 is 0 Å². The van der Waals surface area contributed by atoms with Gasteiger partial charge in [-0.05, 0) is 18.6 Å². The first-order valence-corrected chi connectivity index (χ1v) is 13.3. The number of amides is 2. The van der Waals surface area contributed by atoms with Gasteiger partial charge in [0.15, 0.2) is 0 Å². The fourth-order valence-corrected chi connectivity index (χ4v) is 4.16. The number of hydrogen-bond donors (Lipinski definition) is 4. The Morgan fingerprint density at radius 2 is 1.21 bits per heavy atom. The number of aromatic hydroxyl groups is 2. The van der Waals surface area contributed by atoms with Crippen LogP contribution in [-0.4, -0.2) is 39.6 Å². The second kappa shape index (κ2) is 18.2. The van der Waals surface area contributed by atoms with Gasteiger partial charge >= 0.3 is 0 Å². The molecule has 0 saturated carbocycles. The van der Waals surface area contributed by atoms with Crippen molar-refractivity contribution in [3.05, 3.63) is 23.8 Å². The Morgan fingerprint density at radius 1 is 0.765 bits per heavy atom. The summed E-state index contributed by atoms with van der Waals surface area (Å²) < 4.78 is 0. The molecule has 0 aliphatic rings. The van der Waals surface area contributed by atoms with Gasteiger partial charge in [-0.15, -0.1) is 0 Å². The van der Waals surface area contributed by atoms with Crippen LogP contribution in [-0.2, 0) is 4.79 Å². The fourth-order valence-electron chi connectivity index (χ4n) is 4.16. The summed E-state index contributed by atoms with van der Waals surface area (Å²) in [5.74, 6) is -1.90. The first kappa shape index (κ1) is 29.9. The first-order chi connectivity index (χ1) is 16.4. The minimum atomic E-state index is -1.30. The lowest BCUT2D eigenvalue weighted by atomic mass is 10.0. The van der Waals surface area contributed by atoms with Crippen molar-refractivity contribution in [2.75, 3.05) is 6.54 Å². The highest BCUT2D eigenvalue weighted by atomic mass is 16.3. The fraction of sp³-hybridized carbons (Fsp3) is 0.704. The van der Waals surface area contributed by atoms with Gasteiger partial charge < -0.3 is 21.7 Å². The largest absolute Gasteiger partial charge is 0.508 e. The lowest BCUT2D eigenvalue weighted by Crippen LogP contribution is -2.51. The Morgan fingerprint density at radius 3 is 1.62 bits per heavy atom. The zero-order valence-corrected chi connectivity index (χ0v) is 21.1. The van der Waals surface area contributed by atoms with Gasteiger partial charge in [-0.2, -0.15) is 0 Å². The summed E-state index contributed by atoms with van der Waals surface area (Å²) in [4.78, 5) is 26.1. The number of phenolic OH excluding ortho intramolecular Hbond substituents is 2. The van der Waals surface area contributed by atoms with E-state index < -0.39 is 18.0 Å². The molecule has 0 unspecified atom stereocenters. The lowest BCUT2D eigenvalue weighted by molar-refractivity contribution is -0.129. The molecule has 34 heavy (non-hydrogen) atoms. The standard InChI is InChI=1S/C27H47N3O4/c1-2-3-4-5-6-7-8-9-10-11-12-13-14-15-16-17-20-30(27(34)25(28)29)26(33)23-19-18-22(31)21-24(23)32/h18-19,21,25,31-32H,2-17,20,28-29H2,1H3. The molecule has 0 bridgehead atoms. The van der Waals surface area contributed by atoms with Crippen LogP contribution in [0.4, 0.5) is 0 Å². The molecule has 0 spiro atoms. The van der Waals surface area contributed by atoms with Crippen LogP contribution < -0.4 is 11.5 Å². The van der Waals surface area contributed by atoms with Gasteiger partial charge in [0.25, 0.3) is 11.8 Å². The molecule has 1 aromatic rings. The number of carbonyl (C=O) groups excluding carboxylic acids is 2. The number of hydrogen-bond acceptors (Lipinski definition) is 6. The molecule has 194 valence electrons. The summed E-state index contributed by atoms with van der Waals surface area (Å²) in [6.45, 7) is 2.45. The molecular weight excluding hydrogens is 430 g/mol. The van der Waals surface area contributed by atoms with Crippen molar-refractivity contribution in [1.82, 2.24) is 4.90 Å². The number of unbranched alkanes of at least 4 members (excludes halogenated alkanes) is 15. The van der Waals surface area contributed by atoms with Crippen LogP contribution in [0.3, 0.4) is 0 Å². The number of benzene rings is 1. The van der Waals surface area contributed by atoms with E-state index in [1.807, 2.05) is 0 Å². The van der Waals surface area contributed by atoms with Crippen molar-refractivity contribution in [1.29, 1.82) is 0 Å². The Bertz CT molecular complexity index is 709. The predicted molar refractivity (Wildman–Crippen MR) is 138 cm³/mol. The monoisotopic (exact) mass is 477 g/mol. The van der Waals surface area contributed by atoms with E-state index in [9.17, 15) is 19.8 Å².